The predicted molar refractivity (Wildman–Crippen MR) is 76.3 cm³/mol. The molecule has 1 aromatic carbocycles. The van der Waals surface area contributed by atoms with Crippen molar-refractivity contribution in [2.24, 2.45) is 0 Å². The van der Waals surface area contributed by atoms with E-state index in [1.165, 1.54) is 17.0 Å². The Hall–Kier alpha value is -2.15. The third-order valence-corrected chi connectivity index (χ3v) is 3.26. The minimum absolute atomic E-state index is 0.0232. The Morgan fingerprint density at radius 2 is 1.75 bits per heavy atom. The van der Waals surface area contributed by atoms with Crippen LogP contribution in [-0.2, 0) is 11.3 Å². The highest BCUT2D eigenvalue weighted by Gasteiger charge is 2.07. The molecule has 0 radical (unpaired) electrons. The van der Waals surface area contributed by atoms with E-state index in [1.54, 1.807) is 24.3 Å². The number of nitrogens with zero attached hydrogens (tertiary/aromatic N) is 2. The van der Waals surface area contributed by atoms with E-state index in [0.717, 1.165) is 9.04 Å². The van der Waals surface area contributed by atoms with Crippen LogP contribution in [0.4, 0.5) is 0 Å². The van der Waals surface area contributed by atoms with Crippen LogP contribution >= 0.6 is 15.9 Å². The molecule has 0 spiro atoms. The fourth-order valence-electron chi connectivity index (χ4n) is 1.71. The van der Waals surface area contributed by atoms with Crippen LogP contribution in [0.5, 0.6) is 0 Å². The summed E-state index contributed by atoms with van der Waals surface area (Å²) in [6.07, 6.45) is 2.66. The van der Waals surface area contributed by atoms with Crippen LogP contribution in [0.25, 0.3) is 5.69 Å². The highest BCUT2D eigenvalue weighted by molar-refractivity contribution is 9.10. The highest BCUT2D eigenvalue weighted by Crippen LogP contribution is 2.12. The Morgan fingerprint density at radius 1 is 1.10 bits per heavy atom. The van der Waals surface area contributed by atoms with Crippen LogP contribution in [0.3, 0.4) is 0 Å². The number of aryl methyl sites for hydroxylation is 1. The summed E-state index contributed by atoms with van der Waals surface area (Å²) in [6, 6.07) is 6.93. The summed E-state index contributed by atoms with van der Waals surface area (Å²) in [5, 5.41) is 8.59. The molecule has 2 rings (SSSR count). The standard InChI is InChI=1S/C13H11BrN2O4/c14-9-1-3-10(4-2-9)16-8-7-15(6-5-11(17)18)12(19)13(16)20/h1-4,7-8H,5-6H2,(H,17,18). The number of carbonyl (C=O) groups is 1. The number of carboxylic acid groups (broad SMARTS) is 1. The molecule has 2 aromatic rings. The van der Waals surface area contributed by atoms with Crippen molar-refractivity contribution in [2.45, 2.75) is 13.0 Å². The minimum Gasteiger partial charge on any atom is -0.481 e. The van der Waals surface area contributed by atoms with Gasteiger partial charge in [0.2, 0.25) is 0 Å². The van der Waals surface area contributed by atoms with Gasteiger partial charge in [-0.2, -0.15) is 0 Å². The van der Waals surface area contributed by atoms with Crippen LogP contribution in [0.2, 0.25) is 0 Å². The monoisotopic (exact) mass is 338 g/mol. The number of benzene rings is 1. The zero-order valence-electron chi connectivity index (χ0n) is 10.3. The molecule has 1 N–H and O–H groups in total. The first kappa shape index (κ1) is 14.3. The van der Waals surface area contributed by atoms with Crippen molar-refractivity contribution < 1.29 is 9.90 Å². The molecule has 0 atom stereocenters. The Labute approximate surface area is 122 Å². The quantitative estimate of drug-likeness (QED) is 0.850. The maximum Gasteiger partial charge on any atom is 0.320 e. The van der Waals surface area contributed by atoms with Gasteiger partial charge in [0.1, 0.15) is 0 Å². The predicted octanol–water partition coefficient (Wildman–Crippen LogP) is 1.24. The molecule has 0 aliphatic rings. The van der Waals surface area contributed by atoms with Gasteiger partial charge >= 0.3 is 17.1 Å². The van der Waals surface area contributed by atoms with Crippen molar-refractivity contribution in [3.63, 3.8) is 0 Å². The molecule has 0 aliphatic heterocycles. The van der Waals surface area contributed by atoms with Gasteiger partial charge in [0.25, 0.3) is 0 Å². The molecule has 0 saturated carbocycles. The van der Waals surface area contributed by atoms with Gasteiger partial charge in [0.05, 0.1) is 6.42 Å². The topological polar surface area (TPSA) is 81.3 Å². The van der Waals surface area contributed by atoms with Gasteiger partial charge in [-0.15, -0.1) is 0 Å². The van der Waals surface area contributed by atoms with E-state index >= 15 is 0 Å². The van der Waals surface area contributed by atoms with Gasteiger partial charge < -0.3 is 9.67 Å². The van der Waals surface area contributed by atoms with Gasteiger partial charge in [0, 0.05) is 29.1 Å². The van der Waals surface area contributed by atoms with Gasteiger partial charge in [-0.25, -0.2) is 0 Å². The van der Waals surface area contributed by atoms with Crippen molar-refractivity contribution >= 4 is 21.9 Å². The number of rotatable bonds is 4. The van der Waals surface area contributed by atoms with E-state index in [4.69, 9.17) is 5.11 Å². The van der Waals surface area contributed by atoms with E-state index in [9.17, 15) is 14.4 Å². The van der Waals surface area contributed by atoms with Crippen LogP contribution < -0.4 is 11.1 Å². The van der Waals surface area contributed by atoms with E-state index in [0.29, 0.717) is 5.69 Å². The molecule has 0 unspecified atom stereocenters. The molecule has 0 saturated heterocycles. The SMILES string of the molecule is O=C(O)CCn1ccn(-c2ccc(Br)cc2)c(=O)c1=O. The molecule has 7 heteroatoms. The van der Waals surface area contributed by atoms with Crippen molar-refractivity contribution in [3.05, 3.63) is 61.8 Å². The van der Waals surface area contributed by atoms with Crippen LogP contribution in [-0.4, -0.2) is 20.2 Å². The average Bonchev–Trinajstić information content (AvgIpc) is 2.42. The Balaban J connectivity index is 2.41. The van der Waals surface area contributed by atoms with Crippen molar-refractivity contribution in [3.8, 4) is 5.69 Å². The fraction of sp³-hybridized carbons (Fsp3) is 0.154. The molecule has 1 heterocycles. The summed E-state index contributed by atoms with van der Waals surface area (Å²) < 4.78 is 3.20. The lowest BCUT2D eigenvalue weighted by Crippen LogP contribution is -2.40. The van der Waals surface area contributed by atoms with Crippen molar-refractivity contribution in [1.82, 2.24) is 9.13 Å². The first-order valence-electron chi connectivity index (χ1n) is 5.79. The summed E-state index contributed by atoms with van der Waals surface area (Å²) >= 11 is 3.29. The molecule has 1 aromatic heterocycles. The summed E-state index contributed by atoms with van der Waals surface area (Å²) in [5.74, 6) is -1.02. The zero-order chi connectivity index (χ0) is 14.7. The third kappa shape index (κ3) is 3.05. The first-order chi connectivity index (χ1) is 9.49. The second-order valence-electron chi connectivity index (χ2n) is 4.09. The lowest BCUT2D eigenvalue weighted by atomic mass is 10.3. The molecule has 0 fully saturated rings. The maximum absolute atomic E-state index is 12.0. The Kier molecular flexibility index (Phi) is 4.19. The molecule has 104 valence electrons. The Morgan fingerprint density at radius 3 is 2.35 bits per heavy atom. The molecule has 20 heavy (non-hydrogen) atoms. The van der Waals surface area contributed by atoms with Crippen LogP contribution in [0.1, 0.15) is 6.42 Å². The van der Waals surface area contributed by atoms with E-state index < -0.39 is 17.1 Å². The molecule has 6 nitrogen and oxygen atoms in total. The number of aromatic nitrogens is 2. The second-order valence-corrected chi connectivity index (χ2v) is 5.01. The van der Waals surface area contributed by atoms with Gasteiger partial charge in [0.15, 0.2) is 0 Å². The maximum atomic E-state index is 12.0. The number of aliphatic carboxylic acids is 1. The van der Waals surface area contributed by atoms with Crippen LogP contribution in [0, 0.1) is 0 Å². The first-order valence-corrected chi connectivity index (χ1v) is 6.58. The van der Waals surface area contributed by atoms with Crippen molar-refractivity contribution in [2.75, 3.05) is 0 Å². The largest absolute Gasteiger partial charge is 0.481 e. The normalized spacial score (nSPS) is 10.4. The summed E-state index contributed by atoms with van der Waals surface area (Å²) in [4.78, 5) is 34.3. The Bertz CT molecular complexity index is 746. The fourth-order valence-corrected chi connectivity index (χ4v) is 1.97. The van der Waals surface area contributed by atoms with Gasteiger partial charge in [-0.1, -0.05) is 15.9 Å². The van der Waals surface area contributed by atoms with E-state index in [-0.39, 0.29) is 13.0 Å². The van der Waals surface area contributed by atoms with Crippen LogP contribution in [0.15, 0.2) is 50.7 Å². The number of halogens is 1. The highest BCUT2D eigenvalue weighted by atomic mass is 79.9. The lowest BCUT2D eigenvalue weighted by molar-refractivity contribution is -0.137. The molecule has 0 amide bonds. The van der Waals surface area contributed by atoms with Crippen molar-refractivity contribution in [1.29, 1.82) is 0 Å². The summed E-state index contributed by atoms with van der Waals surface area (Å²) in [5.41, 5.74) is -0.877. The molecule has 0 bridgehead atoms. The average molecular weight is 339 g/mol. The molecular formula is C13H11BrN2O4. The van der Waals surface area contributed by atoms with E-state index in [2.05, 4.69) is 15.9 Å². The summed E-state index contributed by atoms with van der Waals surface area (Å²) in [7, 11) is 0. The minimum atomic E-state index is -1.02. The number of hydrogen-bond acceptors (Lipinski definition) is 3. The van der Waals surface area contributed by atoms with Gasteiger partial charge in [-0.05, 0) is 24.3 Å². The third-order valence-electron chi connectivity index (χ3n) is 2.73. The molecule has 0 aliphatic carbocycles. The number of carboxylic acids is 1. The van der Waals surface area contributed by atoms with Gasteiger partial charge in [-0.3, -0.25) is 19.0 Å². The molecular weight excluding hydrogens is 328 g/mol. The zero-order valence-corrected chi connectivity index (χ0v) is 11.9. The number of hydrogen-bond donors (Lipinski definition) is 1. The summed E-state index contributed by atoms with van der Waals surface area (Å²) in [6.45, 7) is -0.0232. The smallest absolute Gasteiger partial charge is 0.320 e. The van der Waals surface area contributed by atoms with E-state index in [1.807, 2.05) is 0 Å². The lowest BCUT2D eigenvalue weighted by Gasteiger charge is -2.08. The second kappa shape index (κ2) is 5.87.